The number of nitrogens with one attached hydrogen (secondary N) is 2. The SMILES string of the molecule is O=C(CNC(=O)[C@@H]1Cc2ccccc2C[NH2+]1)NC[C@H]1CCCO1. The zero-order chi connectivity index (χ0) is 16.1. The number of quaternary nitrogens is 1. The molecule has 2 amide bonds. The Bertz CT molecular complexity index is 570. The van der Waals surface area contributed by atoms with Crippen LogP contribution < -0.4 is 16.0 Å². The van der Waals surface area contributed by atoms with Crippen molar-refractivity contribution in [1.82, 2.24) is 10.6 Å². The summed E-state index contributed by atoms with van der Waals surface area (Å²) in [5.41, 5.74) is 2.50. The molecule has 4 N–H and O–H groups in total. The van der Waals surface area contributed by atoms with Crippen molar-refractivity contribution in [1.29, 1.82) is 0 Å². The third-order valence-electron chi connectivity index (χ3n) is 4.49. The minimum absolute atomic E-state index is 0.0253. The molecular formula is C17H24N3O3+. The Morgan fingerprint density at radius 3 is 2.83 bits per heavy atom. The van der Waals surface area contributed by atoms with Crippen LogP contribution >= 0.6 is 0 Å². The van der Waals surface area contributed by atoms with E-state index in [1.807, 2.05) is 17.4 Å². The minimum atomic E-state index is -0.162. The maximum Gasteiger partial charge on any atom is 0.279 e. The summed E-state index contributed by atoms with van der Waals surface area (Å²) in [6.07, 6.45) is 2.87. The van der Waals surface area contributed by atoms with Gasteiger partial charge >= 0.3 is 0 Å². The average Bonchev–Trinajstić information content (AvgIpc) is 3.11. The molecule has 0 radical (unpaired) electrons. The monoisotopic (exact) mass is 318 g/mol. The van der Waals surface area contributed by atoms with E-state index in [1.54, 1.807) is 0 Å². The van der Waals surface area contributed by atoms with Crippen molar-refractivity contribution in [3.8, 4) is 0 Å². The van der Waals surface area contributed by atoms with Crippen LogP contribution in [-0.2, 0) is 27.3 Å². The molecule has 124 valence electrons. The van der Waals surface area contributed by atoms with Gasteiger partial charge in [-0.3, -0.25) is 9.59 Å². The van der Waals surface area contributed by atoms with Crippen molar-refractivity contribution in [2.24, 2.45) is 0 Å². The first-order valence-corrected chi connectivity index (χ1v) is 8.28. The van der Waals surface area contributed by atoms with Crippen molar-refractivity contribution < 1.29 is 19.6 Å². The summed E-state index contributed by atoms with van der Waals surface area (Å²) < 4.78 is 5.45. The molecule has 1 aromatic rings. The van der Waals surface area contributed by atoms with Gasteiger partial charge in [-0.15, -0.1) is 0 Å². The van der Waals surface area contributed by atoms with Crippen molar-refractivity contribution >= 4 is 11.8 Å². The molecule has 0 unspecified atom stereocenters. The second kappa shape index (κ2) is 7.57. The van der Waals surface area contributed by atoms with Crippen LogP contribution in [-0.4, -0.2) is 43.7 Å². The van der Waals surface area contributed by atoms with E-state index in [2.05, 4.69) is 22.8 Å². The minimum Gasteiger partial charge on any atom is -0.376 e. The van der Waals surface area contributed by atoms with E-state index in [1.165, 1.54) is 11.1 Å². The molecule has 3 rings (SSSR count). The van der Waals surface area contributed by atoms with Gasteiger partial charge in [-0.05, 0) is 18.4 Å². The molecule has 0 bridgehead atoms. The number of rotatable bonds is 5. The third-order valence-corrected chi connectivity index (χ3v) is 4.49. The highest BCUT2D eigenvalue weighted by molar-refractivity contribution is 5.86. The molecule has 1 fully saturated rings. The molecule has 1 saturated heterocycles. The predicted octanol–water partition coefficient (Wildman–Crippen LogP) is -0.914. The fourth-order valence-electron chi connectivity index (χ4n) is 3.14. The number of ether oxygens (including phenoxy) is 1. The van der Waals surface area contributed by atoms with Crippen LogP contribution in [0.4, 0.5) is 0 Å². The first-order chi connectivity index (χ1) is 11.2. The van der Waals surface area contributed by atoms with Gasteiger partial charge < -0.3 is 20.7 Å². The molecular weight excluding hydrogens is 294 g/mol. The van der Waals surface area contributed by atoms with Gasteiger partial charge in [0.2, 0.25) is 5.91 Å². The van der Waals surface area contributed by atoms with Gasteiger partial charge in [0.15, 0.2) is 6.04 Å². The number of benzene rings is 1. The van der Waals surface area contributed by atoms with E-state index in [9.17, 15) is 9.59 Å². The van der Waals surface area contributed by atoms with Crippen molar-refractivity contribution in [3.63, 3.8) is 0 Å². The Hall–Kier alpha value is -1.92. The zero-order valence-electron chi connectivity index (χ0n) is 13.2. The molecule has 0 aliphatic carbocycles. The summed E-state index contributed by atoms with van der Waals surface area (Å²) in [4.78, 5) is 24.0. The summed E-state index contributed by atoms with van der Waals surface area (Å²) in [5.74, 6) is -0.239. The summed E-state index contributed by atoms with van der Waals surface area (Å²) in [6.45, 7) is 2.13. The molecule has 2 heterocycles. The second-order valence-electron chi connectivity index (χ2n) is 6.18. The number of hydrogen-bond acceptors (Lipinski definition) is 3. The van der Waals surface area contributed by atoms with Gasteiger partial charge in [-0.25, -0.2) is 0 Å². The smallest absolute Gasteiger partial charge is 0.279 e. The highest BCUT2D eigenvalue weighted by Gasteiger charge is 2.27. The lowest BCUT2D eigenvalue weighted by molar-refractivity contribution is -0.695. The van der Waals surface area contributed by atoms with E-state index >= 15 is 0 Å². The molecule has 1 aromatic carbocycles. The van der Waals surface area contributed by atoms with Gasteiger partial charge in [0.05, 0.1) is 12.6 Å². The summed E-state index contributed by atoms with van der Waals surface area (Å²) in [7, 11) is 0. The molecule has 23 heavy (non-hydrogen) atoms. The van der Waals surface area contributed by atoms with Gasteiger partial charge in [0.25, 0.3) is 5.91 Å². The predicted molar refractivity (Wildman–Crippen MR) is 84.6 cm³/mol. The zero-order valence-corrected chi connectivity index (χ0v) is 13.2. The van der Waals surface area contributed by atoms with Crippen LogP contribution in [0, 0.1) is 0 Å². The van der Waals surface area contributed by atoms with Gasteiger partial charge in [0, 0.05) is 25.1 Å². The highest BCUT2D eigenvalue weighted by Crippen LogP contribution is 2.12. The molecule has 2 atom stereocenters. The molecule has 2 aliphatic heterocycles. The molecule has 6 heteroatoms. The van der Waals surface area contributed by atoms with Gasteiger partial charge in [0.1, 0.15) is 6.54 Å². The Kier molecular flexibility index (Phi) is 5.25. The van der Waals surface area contributed by atoms with E-state index < -0.39 is 0 Å². The van der Waals surface area contributed by atoms with Gasteiger partial charge in [-0.2, -0.15) is 0 Å². The first-order valence-electron chi connectivity index (χ1n) is 8.28. The molecule has 0 saturated carbocycles. The largest absolute Gasteiger partial charge is 0.376 e. The van der Waals surface area contributed by atoms with Crippen LogP contribution in [0.3, 0.4) is 0 Å². The fourth-order valence-corrected chi connectivity index (χ4v) is 3.14. The number of carbonyl (C=O) groups excluding carboxylic acids is 2. The first kappa shape index (κ1) is 16.0. The third kappa shape index (κ3) is 4.30. The topological polar surface area (TPSA) is 84.0 Å². The van der Waals surface area contributed by atoms with E-state index in [0.717, 1.165) is 26.0 Å². The summed E-state index contributed by atoms with van der Waals surface area (Å²) >= 11 is 0. The van der Waals surface area contributed by atoms with E-state index in [-0.39, 0.29) is 30.5 Å². The average molecular weight is 318 g/mol. The number of fused-ring (bicyclic) bond motifs is 1. The maximum atomic E-state index is 12.2. The van der Waals surface area contributed by atoms with Crippen LogP contribution in [0.1, 0.15) is 24.0 Å². The van der Waals surface area contributed by atoms with Crippen molar-refractivity contribution in [2.75, 3.05) is 19.7 Å². The van der Waals surface area contributed by atoms with Crippen LogP contribution in [0.2, 0.25) is 0 Å². The lowest BCUT2D eigenvalue weighted by Gasteiger charge is -2.22. The van der Waals surface area contributed by atoms with Crippen LogP contribution in [0.15, 0.2) is 24.3 Å². The lowest BCUT2D eigenvalue weighted by Crippen LogP contribution is -2.93. The summed E-state index contributed by atoms with van der Waals surface area (Å²) in [5, 5.41) is 7.57. The lowest BCUT2D eigenvalue weighted by atomic mass is 9.95. The highest BCUT2D eigenvalue weighted by atomic mass is 16.5. The van der Waals surface area contributed by atoms with Gasteiger partial charge in [-0.1, -0.05) is 24.3 Å². The van der Waals surface area contributed by atoms with Crippen molar-refractivity contribution in [3.05, 3.63) is 35.4 Å². The standard InChI is InChI=1S/C17H23N3O3/c21-16(19-10-14-6-3-7-23-14)11-20-17(22)15-8-12-4-1-2-5-13(12)9-18-15/h1-2,4-5,14-15,18H,3,6-11H2,(H,19,21)(H,20,22)/p+1/t14-,15+/m1/s1. The Labute approximate surface area is 136 Å². The van der Waals surface area contributed by atoms with Crippen LogP contribution in [0.5, 0.6) is 0 Å². The molecule has 2 aliphatic rings. The molecule has 0 spiro atoms. The number of nitrogens with two attached hydrogens (primary N) is 1. The normalized spacial score (nSPS) is 23.1. The maximum absolute atomic E-state index is 12.2. The van der Waals surface area contributed by atoms with Crippen LogP contribution in [0.25, 0.3) is 0 Å². The Balaban J connectivity index is 1.40. The quantitative estimate of drug-likeness (QED) is 0.657. The molecule has 6 nitrogen and oxygen atoms in total. The number of carbonyl (C=O) groups is 2. The Morgan fingerprint density at radius 1 is 1.22 bits per heavy atom. The summed E-state index contributed by atoms with van der Waals surface area (Å²) in [6, 6.07) is 8.02. The number of amides is 2. The van der Waals surface area contributed by atoms with Crippen molar-refractivity contribution in [2.45, 2.75) is 38.0 Å². The second-order valence-corrected chi connectivity index (χ2v) is 6.18. The fraction of sp³-hybridized carbons (Fsp3) is 0.529. The number of hydrogen-bond donors (Lipinski definition) is 3. The van der Waals surface area contributed by atoms with E-state index in [4.69, 9.17) is 4.74 Å². The Morgan fingerprint density at radius 2 is 2.04 bits per heavy atom. The molecule has 0 aromatic heterocycles. The van der Waals surface area contributed by atoms with E-state index in [0.29, 0.717) is 13.0 Å².